The van der Waals surface area contributed by atoms with E-state index < -0.39 is 0 Å². The molecule has 4 nitrogen and oxygen atoms in total. The lowest BCUT2D eigenvalue weighted by Crippen LogP contribution is -2.15. The summed E-state index contributed by atoms with van der Waals surface area (Å²) in [6.45, 7) is 1.89. The molecule has 0 aliphatic rings. The van der Waals surface area contributed by atoms with E-state index in [9.17, 15) is 4.79 Å². The highest BCUT2D eigenvalue weighted by molar-refractivity contribution is 6.30. The van der Waals surface area contributed by atoms with E-state index in [2.05, 4.69) is 5.32 Å². The van der Waals surface area contributed by atoms with Crippen LogP contribution in [-0.2, 0) is 0 Å². The maximum Gasteiger partial charge on any atom is 0.255 e. The van der Waals surface area contributed by atoms with Crippen molar-refractivity contribution < 1.29 is 4.79 Å². The fourth-order valence-corrected chi connectivity index (χ4v) is 2.29. The van der Waals surface area contributed by atoms with Gasteiger partial charge < -0.3 is 16.0 Å². The second-order valence-corrected chi connectivity index (χ2v) is 5.52. The fourth-order valence-electron chi connectivity index (χ4n) is 2.06. The maximum absolute atomic E-state index is 12.3. The van der Waals surface area contributed by atoms with Gasteiger partial charge in [-0.3, -0.25) is 4.79 Å². The molecular formula is C16H18ClN3O. The molecule has 0 aliphatic heterocycles. The molecule has 0 radical (unpaired) electrons. The van der Waals surface area contributed by atoms with Crippen molar-refractivity contribution in [2.75, 3.05) is 30.0 Å². The number of nitrogens with two attached hydrogens (primary N) is 1. The average Bonchev–Trinajstić information content (AvgIpc) is 2.41. The molecule has 0 atom stereocenters. The minimum Gasteiger partial charge on any atom is -0.397 e. The van der Waals surface area contributed by atoms with Crippen LogP contribution in [0.2, 0.25) is 5.02 Å². The van der Waals surface area contributed by atoms with Gasteiger partial charge in [-0.15, -0.1) is 0 Å². The molecule has 0 heterocycles. The zero-order valence-corrected chi connectivity index (χ0v) is 13.0. The molecule has 21 heavy (non-hydrogen) atoms. The number of carbonyl (C=O) groups excluding carboxylic acids is 1. The first-order valence-corrected chi connectivity index (χ1v) is 6.90. The number of hydrogen-bond donors (Lipinski definition) is 2. The SMILES string of the molecule is Cc1cc(Cl)ccc1NC(=O)c1ccc(N(C)C)c(N)c1. The van der Waals surface area contributed by atoms with Crippen LogP contribution >= 0.6 is 11.6 Å². The van der Waals surface area contributed by atoms with E-state index in [0.29, 0.717) is 16.3 Å². The molecule has 3 N–H and O–H groups in total. The summed E-state index contributed by atoms with van der Waals surface area (Å²) in [4.78, 5) is 14.2. The monoisotopic (exact) mass is 303 g/mol. The van der Waals surface area contributed by atoms with Gasteiger partial charge in [0, 0.05) is 30.4 Å². The number of hydrogen-bond acceptors (Lipinski definition) is 3. The first-order chi connectivity index (χ1) is 9.88. The van der Waals surface area contributed by atoms with Gasteiger partial charge in [0.2, 0.25) is 0 Å². The van der Waals surface area contributed by atoms with Crippen molar-refractivity contribution in [1.82, 2.24) is 0 Å². The van der Waals surface area contributed by atoms with Crippen molar-refractivity contribution in [2.45, 2.75) is 6.92 Å². The number of amides is 1. The number of rotatable bonds is 3. The van der Waals surface area contributed by atoms with Crippen LogP contribution in [0.25, 0.3) is 0 Å². The van der Waals surface area contributed by atoms with Gasteiger partial charge in [-0.1, -0.05) is 11.6 Å². The second-order valence-electron chi connectivity index (χ2n) is 5.08. The summed E-state index contributed by atoms with van der Waals surface area (Å²) in [5.41, 5.74) is 9.59. The Morgan fingerprint density at radius 1 is 1.19 bits per heavy atom. The minimum atomic E-state index is -0.197. The highest BCUT2D eigenvalue weighted by Gasteiger charge is 2.10. The molecule has 5 heteroatoms. The molecule has 0 unspecified atom stereocenters. The lowest BCUT2D eigenvalue weighted by atomic mass is 10.1. The normalized spacial score (nSPS) is 10.3. The summed E-state index contributed by atoms with van der Waals surface area (Å²) in [5, 5.41) is 3.51. The Balaban J connectivity index is 2.22. The molecular weight excluding hydrogens is 286 g/mol. The van der Waals surface area contributed by atoms with E-state index in [1.165, 1.54) is 0 Å². The number of benzene rings is 2. The van der Waals surface area contributed by atoms with Gasteiger partial charge in [0.05, 0.1) is 11.4 Å². The van der Waals surface area contributed by atoms with E-state index in [-0.39, 0.29) is 5.91 Å². The molecule has 2 rings (SSSR count). The van der Waals surface area contributed by atoms with Crippen LogP contribution < -0.4 is 16.0 Å². The van der Waals surface area contributed by atoms with Gasteiger partial charge in [-0.05, 0) is 48.9 Å². The molecule has 0 fully saturated rings. The third kappa shape index (κ3) is 3.47. The maximum atomic E-state index is 12.3. The molecule has 2 aromatic carbocycles. The Labute approximate surface area is 129 Å². The van der Waals surface area contributed by atoms with Crippen molar-refractivity contribution in [3.8, 4) is 0 Å². The van der Waals surface area contributed by atoms with Crippen molar-refractivity contribution in [1.29, 1.82) is 0 Å². The number of halogens is 1. The molecule has 0 spiro atoms. The Kier molecular flexibility index (Phi) is 4.38. The summed E-state index contributed by atoms with van der Waals surface area (Å²) >= 11 is 5.90. The van der Waals surface area contributed by atoms with E-state index in [1.54, 1.807) is 30.3 Å². The molecule has 0 aromatic heterocycles. The van der Waals surface area contributed by atoms with E-state index in [0.717, 1.165) is 16.9 Å². The van der Waals surface area contributed by atoms with Crippen LogP contribution in [0, 0.1) is 6.92 Å². The molecule has 0 bridgehead atoms. The van der Waals surface area contributed by atoms with Gasteiger partial charge in [0.25, 0.3) is 5.91 Å². The van der Waals surface area contributed by atoms with E-state index in [4.69, 9.17) is 17.3 Å². The van der Waals surface area contributed by atoms with Crippen LogP contribution in [0.15, 0.2) is 36.4 Å². The van der Waals surface area contributed by atoms with Crippen LogP contribution in [0.5, 0.6) is 0 Å². The van der Waals surface area contributed by atoms with Gasteiger partial charge in [-0.2, -0.15) is 0 Å². The number of nitrogen functional groups attached to an aromatic ring is 1. The van der Waals surface area contributed by atoms with Crippen molar-refractivity contribution in [2.24, 2.45) is 0 Å². The van der Waals surface area contributed by atoms with Crippen molar-refractivity contribution >= 4 is 34.6 Å². The van der Waals surface area contributed by atoms with E-state index >= 15 is 0 Å². The highest BCUT2D eigenvalue weighted by atomic mass is 35.5. The van der Waals surface area contributed by atoms with Gasteiger partial charge in [-0.25, -0.2) is 0 Å². The topological polar surface area (TPSA) is 58.4 Å². The van der Waals surface area contributed by atoms with Crippen LogP contribution in [0.1, 0.15) is 15.9 Å². The summed E-state index contributed by atoms with van der Waals surface area (Å²) in [7, 11) is 3.81. The number of nitrogens with one attached hydrogen (secondary N) is 1. The molecule has 0 saturated carbocycles. The quantitative estimate of drug-likeness (QED) is 0.853. The fraction of sp³-hybridized carbons (Fsp3) is 0.188. The standard InChI is InChI=1S/C16H18ClN3O/c1-10-8-12(17)5-6-14(10)19-16(21)11-4-7-15(20(2)3)13(18)9-11/h4-9H,18H2,1-3H3,(H,19,21). The molecule has 2 aromatic rings. The predicted octanol–water partition coefficient (Wildman–Crippen LogP) is 3.55. The summed E-state index contributed by atoms with van der Waals surface area (Å²) in [6.07, 6.45) is 0. The van der Waals surface area contributed by atoms with Crippen LogP contribution in [0.3, 0.4) is 0 Å². The Morgan fingerprint density at radius 2 is 1.90 bits per heavy atom. The predicted molar refractivity (Wildman–Crippen MR) is 89.3 cm³/mol. The first kappa shape index (κ1) is 15.2. The van der Waals surface area contributed by atoms with Gasteiger partial charge in [0.1, 0.15) is 0 Å². The third-order valence-electron chi connectivity index (χ3n) is 3.21. The smallest absolute Gasteiger partial charge is 0.255 e. The summed E-state index contributed by atoms with van der Waals surface area (Å²) in [5.74, 6) is -0.197. The van der Waals surface area contributed by atoms with Crippen molar-refractivity contribution in [3.05, 3.63) is 52.5 Å². The molecule has 110 valence electrons. The van der Waals surface area contributed by atoms with Gasteiger partial charge in [0.15, 0.2) is 0 Å². The third-order valence-corrected chi connectivity index (χ3v) is 3.44. The zero-order valence-electron chi connectivity index (χ0n) is 12.3. The largest absolute Gasteiger partial charge is 0.397 e. The summed E-state index contributed by atoms with van der Waals surface area (Å²) < 4.78 is 0. The lowest BCUT2D eigenvalue weighted by molar-refractivity contribution is 0.102. The Bertz CT molecular complexity index is 683. The first-order valence-electron chi connectivity index (χ1n) is 6.53. The summed E-state index contributed by atoms with van der Waals surface area (Å²) in [6, 6.07) is 10.6. The highest BCUT2D eigenvalue weighted by Crippen LogP contribution is 2.24. The number of aryl methyl sites for hydroxylation is 1. The average molecular weight is 304 g/mol. The minimum absolute atomic E-state index is 0.197. The second kappa shape index (κ2) is 6.06. The zero-order chi connectivity index (χ0) is 15.6. The Hall–Kier alpha value is -2.20. The molecule has 0 saturated heterocycles. The lowest BCUT2D eigenvalue weighted by Gasteiger charge is -2.16. The number of nitrogens with zero attached hydrogens (tertiary/aromatic N) is 1. The molecule has 1 amide bonds. The number of anilines is 3. The number of carbonyl (C=O) groups is 1. The van der Waals surface area contributed by atoms with Crippen LogP contribution in [0.4, 0.5) is 17.1 Å². The van der Waals surface area contributed by atoms with Crippen molar-refractivity contribution in [3.63, 3.8) is 0 Å². The Morgan fingerprint density at radius 3 is 2.48 bits per heavy atom. The van der Waals surface area contributed by atoms with E-state index in [1.807, 2.05) is 32.0 Å². The van der Waals surface area contributed by atoms with Crippen LogP contribution in [-0.4, -0.2) is 20.0 Å². The van der Waals surface area contributed by atoms with Gasteiger partial charge >= 0.3 is 0 Å². The molecule has 0 aliphatic carbocycles.